The van der Waals surface area contributed by atoms with Crippen LogP contribution in [0.3, 0.4) is 0 Å². The molecule has 0 aliphatic rings. The average molecular weight is 366 g/mol. The lowest BCUT2D eigenvalue weighted by Crippen LogP contribution is -2.45. The second-order valence-electron chi connectivity index (χ2n) is 6.81. The molecule has 8 nitrogen and oxygen atoms in total. The molecule has 1 aromatic rings. The number of hydrogen-bond donors (Lipinski definition) is 3. The van der Waals surface area contributed by atoms with E-state index in [0.29, 0.717) is 0 Å². The Labute approximate surface area is 152 Å². The largest absolute Gasteiger partial charge is 0.480 e. The van der Waals surface area contributed by atoms with E-state index in [4.69, 9.17) is 14.6 Å². The molecule has 0 saturated carbocycles. The van der Waals surface area contributed by atoms with E-state index in [1.54, 1.807) is 20.8 Å². The van der Waals surface area contributed by atoms with Crippen molar-refractivity contribution in [1.82, 2.24) is 10.6 Å². The Bertz CT molecular complexity index is 622. The Balaban J connectivity index is 2.35. The molecule has 1 rings (SSSR count). The molecule has 0 bridgehead atoms. The van der Waals surface area contributed by atoms with E-state index in [1.165, 1.54) is 0 Å². The number of carboxylic acids is 1. The van der Waals surface area contributed by atoms with Crippen molar-refractivity contribution < 1.29 is 29.0 Å². The molecule has 0 heterocycles. The molecule has 1 atom stereocenters. The van der Waals surface area contributed by atoms with Crippen LogP contribution in [-0.2, 0) is 20.9 Å². The maximum Gasteiger partial charge on any atom is 0.408 e. The molecule has 0 saturated heterocycles. The summed E-state index contributed by atoms with van der Waals surface area (Å²) in [6.07, 6.45) is -1.49. The maximum atomic E-state index is 11.7. The van der Waals surface area contributed by atoms with Crippen molar-refractivity contribution in [2.24, 2.45) is 0 Å². The number of carboxylic acid groups (broad SMARTS) is 1. The smallest absolute Gasteiger partial charge is 0.408 e. The summed E-state index contributed by atoms with van der Waals surface area (Å²) in [7, 11) is 0. The second-order valence-corrected chi connectivity index (χ2v) is 6.81. The van der Waals surface area contributed by atoms with Crippen LogP contribution in [0, 0.1) is 6.92 Å². The normalized spacial score (nSPS) is 12.0. The van der Waals surface area contributed by atoms with Crippen LogP contribution in [-0.4, -0.2) is 41.4 Å². The van der Waals surface area contributed by atoms with Gasteiger partial charge in [0.25, 0.3) is 0 Å². The van der Waals surface area contributed by atoms with E-state index in [2.05, 4.69) is 10.6 Å². The molecular formula is C18H26N2O6. The molecule has 0 unspecified atom stereocenters. The number of aryl methyl sites for hydroxylation is 1. The lowest BCUT2D eigenvalue weighted by atomic mass is 10.2. The van der Waals surface area contributed by atoms with Gasteiger partial charge in [-0.2, -0.15) is 0 Å². The molecule has 144 valence electrons. The number of aliphatic carboxylic acids is 1. The molecule has 3 N–H and O–H groups in total. The highest BCUT2D eigenvalue weighted by Crippen LogP contribution is 2.07. The summed E-state index contributed by atoms with van der Waals surface area (Å²) in [6, 6.07) is 6.36. The summed E-state index contributed by atoms with van der Waals surface area (Å²) in [5.74, 6) is -1.22. The highest BCUT2D eigenvalue weighted by molar-refractivity contribution is 5.80. The third-order valence-electron chi connectivity index (χ3n) is 3.18. The van der Waals surface area contributed by atoms with Gasteiger partial charge in [0, 0.05) is 6.54 Å². The number of rotatable bonds is 7. The van der Waals surface area contributed by atoms with Crippen LogP contribution in [0.5, 0.6) is 0 Å². The van der Waals surface area contributed by atoms with Crippen LogP contribution < -0.4 is 10.6 Å². The van der Waals surface area contributed by atoms with E-state index in [0.717, 1.165) is 11.1 Å². The van der Waals surface area contributed by atoms with Crippen LogP contribution in [0.4, 0.5) is 9.59 Å². The number of alkyl carbamates (subject to hydrolysis) is 2. The van der Waals surface area contributed by atoms with Crippen LogP contribution in [0.25, 0.3) is 0 Å². The Hall–Kier alpha value is -2.77. The molecule has 0 fully saturated rings. The van der Waals surface area contributed by atoms with Gasteiger partial charge in [-0.3, -0.25) is 0 Å². The summed E-state index contributed by atoms with van der Waals surface area (Å²) in [5, 5.41) is 13.9. The molecule has 2 amide bonds. The summed E-state index contributed by atoms with van der Waals surface area (Å²) in [6.45, 7) is 7.13. The monoisotopic (exact) mass is 366 g/mol. The third kappa shape index (κ3) is 8.91. The lowest BCUT2D eigenvalue weighted by Gasteiger charge is -2.22. The van der Waals surface area contributed by atoms with Gasteiger partial charge in [-0.25, -0.2) is 14.4 Å². The predicted molar refractivity (Wildman–Crippen MR) is 94.8 cm³/mol. The van der Waals surface area contributed by atoms with Crippen molar-refractivity contribution in [2.45, 2.75) is 52.4 Å². The molecule has 1 aromatic carbocycles. The zero-order valence-electron chi connectivity index (χ0n) is 15.5. The maximum absolute atomic E-state index is 11.7. The summed E-state index contributed by atoms with van der Waals surface area (Å²) < 4.78 is 10.1. The number of ether oxygens (including phenoxy) is 2. The zero-order chi connectivity index (χ0) is 19.7. The summed E-state index contributed by atoms with van der Waals surface area (Å²) in [5.41, 5.74) is 1.22. The average Bonchev–Trinajstić information content (AvgIpc) is 2.51. The molecule has 0 aliphatic heterocycles. The van der Waals surface area contributed by atoms with Gasteiger partial charge < -0.3 is 25.2 Å². The van der Waals surface area contributed by atoms with Gasteiger partial charge in [0.1, 0.15) is 18.2 Å². The van der Waals surface area contributed by atoms with Crippen molar-refractivity contribution in [3.8, 4) is 0 Å². The number of hydrogen-bond acceptors (Lipinski definition) is 5. The number of amides is 2. The van der Waals surface area contributed by atoms with Gasteiger partial charge in [0.2, 0.25) is 0 Å². The molecule has 0 radical (unpaired) electrons. The standard InChI is InChI=1S/C18H26N2O6/c1-12-5-7-13(8-6-12)11-25-16(23)19-10-9-14(15(21)22)20-17(24)26-18(2,3)4/h5-8,14H,9-11H2,1-4H3,(H,19,23)(H,20,24)(H,21,22)/t14-/m0/s1. The quantitative estimate of drug-likeness (QED) is 0.683. The molecule has 26 heavy (non-hydrogen) atoms. The van der Waals surface area contributed by atoms with Crippen molar-refractivity contribution in [2.75, 3.05) is 6.54 Å². The fourth-order valence-electron chi connectivity index (χ4n) is 1.91. The number of carbonyl (C=O) groups excluding carboxylic acids is 2. The first kappa shape index (κ1) is 21.3. The van der Waals surface area contributed by atoms with Crippen molar-refractivity contribution in [3.63, 3.8) is 0 Å². The first-order chi connectivity index (χ1) is 12.1. The topological polar surface area (TPSA) is 114 Å². The molecular weight excluding hydrogens is 340 g/mol. The first-order valence-electron chi connectivity index (χ1n) is 8.25. The van der Waals surface area contributed by atoms with Gasteiger partial charge in [-0.05, 0) is 39.7 Å². The Morgan fingerprint density at radius 3 is 2.27 bits per heavy atom. The minimum absolute atomic E-state index is 0.00575. The van der Waals surface area contributed by atoms with Gasteiger partial charge in [0.15, 0.2) is 0 Å². The summed E-state index contributed by atoms with van der Waals surface area (Å²) >= 11 is 0. The minimum Gasteiger partial charge on any atom is -0.480 e. The first-order valence-corrected chi connectivity index (χ1v) is 8.25. The lowest BCUT2D eigenvalue weighted by molar-refractivity contribution is -0.139. The third-order valence-corrected chi connectivity index (χ3v) is 3.18. The van der Waals surface area contributed by atoms with Crippen LogP contribution in [0.2, 0.25) is 0 Å². The fourth-order valence-corrected chi connectivity index (χ4v) is 1.91. The Morgan fingerprint density at radius 2 is 1.73 bits per heavy atom. The number of nitrogens with one attached hydrogen (secondary N) is 2. The number of carbonyl (C=O) groups is 3. The highest BCUT2D eigenvalue weighted by Gasteiger charge is 2.23. The van der Waals surface area contributed by atoms with E-state index < -0.39 is 29.8 Å². The van der Waals surface area contributed by atoms with E-state index in [-0.39, 0.29) is 19.6 Å². The van der Waals surface area contributed by atoms with Crippen molar-refractivity contribution in [1.29, 1.82) is 0 Å². The molecule has 8 heteroatoms. The molecule has 0 aliphatic carbocycles. The van der Waals surface area contributed by atoms with Gasteiger partial charge >= 0.3 is 18.2 Å². The van der Waals surface area contributed by atoms with E-state index in [9.17, 15) is 14.4 Å². The molecule has 0 aromatic heterocycles. The SMILES string of the molecule is Cc1ccc(COC(=O)NCC[C@H](NC(=O)OC(C)(C)C)C(=O)O)cc1. The Morgan fingerprint density at radius 1 is 1.12 bits per heavy atom. The number of benzene rings is 1. The zero-order valence-corrected chi connectivity index (χ0v) is 15.5. The Kier molecular flexibility index (Phi) is 7.89. The highest BCUT2D eigenvalue weighted by atomic mass is 16.6. The fraction of sp³-hybridized carbons (Fsp3) is 0.500. The van der Waals surface area contributed by atoms with Crippen LogP contribution in [0.15, 0.2) is 24.3 Å². The van der Waals surface area contributed by atoms with E-state index in [1.807, 2.05) is 31.2 Å². The van der Waals surface area contributed by atoms with Crippen molar-refractivity contribution >= 4 is 18.2 Å². The van der Waals surface area contributed by atoms with Gasteiger partial charge in [-0.1, -0.05) is 29.8 Å². The predicted octanol–water partition coefficient (Wildman–Crippen LogP) is 2.59. The second kappa shape index (κ2) is 9.65. The molecule has 0 spiro atoms. The van der Waals surface area contributed by atoms with Crippen LogP contribution >= 0.6 is 0 Å². The van der Waals surface area contributed by atoms with E-state index >= 15 is 0 Å². The minimum atomic E-state index is -1.22. The summed E-state index contributed by atoms with van der Waals surface area (Å²) in [4.78, 5) is 34.5. The van der Waals surface area contributed by atoms with Crippen LogP contribution in [0.1, 0.15) is 38.3 Å². The van der Waals surface area contributed by atoms with Gasteiger partial charge in [-0.15, -0.1) is 0 Å². The van der Waals surface area contributed by atoms with Gasteiger partial charge in [0.05, 0.1) is 0 Å². The van der Waals surface area contributed by atoms with Crippen molar-refractivity contribution in [3.05, 3.63) is 35.4 Å².